The predicted molar refractivity (Wildman–Crippen MR) is 280 cm³/mol. The first-order valence-electron chi connectivity index (χ1n) is 28.2. The van der Waals surface area contributed by atoms with Crippen LogP contribution in [0.2, 0.25) is 0 Å². The van der Waals surface area contributed by atoms with Crippen LogP contribution in [0.3, 0.4) is 0 Å². The summed E-state index contributed by atoms with van der Waals surface area (Å²) in [6, 6.07) is 0. The van der Waals surface area contributed by atoms with Gasteiger partial charge in [0.2, 0.25) is 0 Å². The molecule has 400 valence electrons. The maximum Gasteiger partial charge on any atom is 0.472 e. The van der Waals surface area contributed by atoms with Gasteiger partial charge < -0.3 is 24.2 Å². The number of carbonyl (C=O) groups excluding carboxylic acids is 3. The van der Waals surface area contributed by atoms with Gasteiger partial charge >= 0.3 is 25.7 Å². The molecule has 3 atom stereocenters. The molecule has 0 aromatic heterocycles. The minimum Gasteiger partial charge on any atom is -0.462 e. The van der Waals surface area contributed by atoms with Crippen LogP contribution in [0.1, 0.15) is 278 Å². The number of allylic oxidation sites excluding steroid dienone is 4. The van der Waals surface area contributed by atoms with Crippen LogP contribution in [0, 0.1) is 0 Å². The molecule has 0 amide bonds. The van der Waals surface area contributed by atoms with Gasteiger partial charge in [0.05, 0.1) is 19.8 Å². The predicted octanol–water partition coefficient (Wildman–Crippen LogP) is 16.3. The van der Waals surface area contributed by atoms with Gasteiger partial charge in [-0.3, -0.25) is 23.4 Å². The van der Waals surface area contributed by atoms with Gasteiger partial charge in [-0.15, -0.1) is 0 Å². The Kier molecular flexibility index (Phi) is 49.8. The Morgan fingerprint density at radius 3 is 1.15 bits per heavy atom. The molecule has 0 saturated heterocycles. The Bertz CT molecular complexity index is 1240. The summed E-state index contributed by atoms with van der Waals surface area (Å²) in [5.74, 6) is -1.45. The third-order valence-electron chi connectivity index (χ3n) is 12.4. The summed E-state index contributed by atoms with van der Waals surface area (Å²) >= 11 is 0. The average molecular weight is 985 g/mol. The molecular weight excluding hydrogens is 880 g/mol. The molecule has 3 unspecified atom stereocenters. The molecule has 0 spiro atoms. The summed E-state index contributed by atoms with van der Waals surface area (Å²) in [5.41, 5.74) is 0. The lowest BCUT2D eigenvalue weighted by atomic mass is 10.0. The van der Waals surface area contributed by atoms with E-state index in [1.807, 2.05) is 0 Å². The fraction of sp³-hybridized carbons (Fsp3) is 0.875. The lowest BCUT2D eigenvalue weighted by Gasteiger charge is -2.21. The van der Waals surface area contributed by atoms with E-state index in [0.29, 0.717) is 19.3 Å². The van der Waals surface area contributed by atoms with Crippen molar-refractivity contribution in [1.29, 1.82) is 0 Å². The van der Waals surface area contributed by atoms with Crippen LogP contribution in [0.15, 0.2) is 24.3 Å². The van der Waals surface area contributed by atoms with E-state index in [-0.39, 0.29) is 25.9 Å². The first-order chi connectivity index (χ1) is 33.2. The number of unbranched alkanes of at least 4 members (excludes halogenated alkanes) is 32. The number of rotatable bonds is 53. The fourth-order valence-corrected chi connectivity index (χ4v) is 8.83. The Labute approximate surface area is 417 Å². The second-order valence-electron chi connectivity index (χ2n) is 19.1. The van der Waals surface area contributed by atoms with Crippen LogP contribution >= 0.6 is 7.82 Å². The van der Waals surface area contributed by atoms with E-state index >= 15 is 0 Å². The van der Waals surface area contributed by atoms with E-state index in [2.05, 4.69) is 45.1 Å². The Balaban J connectivity index is 4.69. The van der Waals surface area contributed by atoms with Crippen molar-refractivity contribution in [3.8, 4) is 0 Å². The normalized spacial score (nSPS) is 13.5. The number of ether oxygens (including phenoxy) is 3. The summed E-state index contributed by atoms with van der Waals surface area (Å²) in [7, 11) is -4.74. The first-order valence-corrected chi connectivity index (χ1v) is 29.7. The molecule has 2 N–H and O–H groups in total. The monoisotopic (exact) mass is 985 g/mol. The summed E-state index contributed by atoms with van der Waals surface area (Å²) in [4.78, 5) is 48.4. The number of aliphatic hydroxyl groups is 1. The number of phosphoric ester groups is 1. The molecule has 0 aromatic rings. The van der Waals surface area contributed by atoms with Crippen molar-refractivity contribution in [2.24, 2.45) is 0 Å². The number of esters is 3. The van der Waals surface area contributed by atoms with Crippen LogP contribution in [-0.2, 0) is 42.2 Å². The molecule has 0 aliphatic carbocycles. The molecule has 0 aliphatic heterocycles. The third kappa shape index (κ3) is 49.0. The Morgan fingerprint density at radius 2 is 0.750 bits per heavy atom. The number of carbonyl (C=O) groups is 3. The van der Waals surface area contributed by atoms with E-state index in [1.165, 1.54) is 135 Å². The summed E-state index contributed by atoms with van der Waals surface area (Å²) in [5, 5.41) is 9.79. The highest BCUT2D eigenvalue weighted by Gasteiger charge is 2.28. The van der Waals surface area contributed by atoms with Crippen LogP contribution < -0.4 is 0 Å². The van der Waals surface area contributed by atoms with E-state index in [1.54, 1.807) is 0 Å². The number of aliphatic hydroxyl groups excluding tert-OH is 1. The van der Waals surface area contributed by atoms with E-state index in [9.17, 15) is 28.9 Å². The minimum absolute atomic E-state index is 0.165. The van der Waals surface area contributed by atoms with Gasteiger partial charge in [0.1, 0.15) is 12.7 Å². The zero-order valence-corrected chi connectivity index (χ0v) is 45.0. The maximum absolute atomic E-state index is 12.9. The Morgan fingerprint density at radius 1 is 0.412 bits per heavy atom. The number of hydrogen-bond acceptors (Lipinski definition) is 10. The molecule has 0 heterocycles. The molecule has 0 bridgehead atoms. The van der Waals surface area contributed by atoms with Crippen molar-refractivity contribution in [1.82, 2.24) is 0 Å². The lowest BCUT2D eigenvalue weighted by Crippen LogP contribution is -2.30. The van der Waals surface area contributed by atoms with Crippen molar-refractivity contribution < 1.29 is 52.2 Å². The third-order valence-corrected chi connectivity index (χ3v) is 13.3. The number of phosphoric acid groups is 1. The van der Waals surface area contributed by atoms with Crippen molar-refractivity contribution in [2.45, 2.75) is 290 Å². The van der Waals surface area contributed by atoms with Crippen molar-refractivity contribution in [3.05, 3.63) is 24.3 Å². The molecule has 11 nitrogen and oxygen atoms in total. The average Bonchev–Trinajstić information content (AvgIpc) is 3.32. The molecule has 0 aromatic carbocycles. The fourth-order valence-electron chi connectivity index (χ4n) is 8.04. The van der Waals surface area contributed by atoms with Gasteiger partial charge in [0.25, 0.3) is 0 Å². The zero-order chi connectivity index (χ0) is 49.9. The molecule has 0 saturated carbocycles. The maximum atomic E-state index is 12.9. The number of hydrogen-bond donors (Lipinski definition) is 2. The van der Waals surface area contributed by atoms with Crippen LogP contribution in [-0.4, -0.2) is 66.5 Å². The van der Waals surface area contributed by atoms with Gasteiger partial charge in [-0.25, -0.2) is 4.57 Å². The van der Waals surface area contributed by atoms with Crippen LogP contribution in [0.5, 0.6) is 0 Å². The molecule has 0 fully saturated rings. The summed E-state index contributed by atoms with van der Waals surface area (Å²) in [6.45, 7) is 4.60. The largest absolute Gasteiger partial charge is 0.472 e. The smallest absolute Gasteiger partial charge is 0.462 e. The van der Waals surface area contributed by atoms with Gasteiger partial charge in [0, 0.05) is 19.3 Å². The van der Waals surface area contributed by atoms with E-state index in [0.717, 1.165) is 83.5 Å². The second kappa shape index (κ2) is 51.3. The van der Waals surface area contributed by atoms with Crippen LogP contribution in [0.4, 0.5) is 0 Å². The van der Waals surface area contributed by atoms with Crippen molar-refractivity contribution >= 4 is 25.7 Å². The minimum atomic E-state index is -4.74. The van der Waals surface area contributed by atoms with Crippen molar-refractivity contribution in [2.75, 3.05) is 26.4 Å². The van der Waals surface area contributed by atoms with Gasteiger partial charge in [-0.2, -0.15) is 0 Å². The van der Waals surface area contributed by atoms with Gasteiger partial charge in [-0.05, 0) is 44.9 Å². The quantitative estimate of drug-likeness (QED) is 0.0197. The molecular formula is C56H105O11P. The summed E-state index contributed by atoms with van der Waals surface area (Å²) < 4.78 is 39.5. The van der Waals surface area contributed by atoms with Gasteiger partial charge in [-0.1, -0.05) is 238 Å². The standard InChI is InChI=1S/C56H105O11P/c1-4-7-10-13-16-19-22-25-26-29-32-35-38-41-44-47-56(60)67-53(49-63-54(58)45-42-39-36-33-30-27-23-20-17-14-11-8-5-2)51-65-68(61,62)64-50-52(48-57)66-55(59)46-43-40-37-34-31-28-24-21-18-15-12-9-6-3/h12,15,21,24,52-53,57H,4-11,13-14,16-20,22-23,25-51H2,1-3H3,(H,61,62)/b15-12-,24-21-. The van der Waals surface area contributed by atoms with E-state index in [4.69, 9.17) is 23.3 Å². The molecule has 0 rings (SSSR count). The van der Waals surface area contributed by atoms with Gasteiger partial charge in [0.15, 0.2) is 6.10 Å². The molecule has 0 aliphatic rings. The molecule has 12 heteroatoms. The Hall–Kier alpha value is -2.04. The first kappa shape index (κ1) is 66.0. The highest BCUT2D eigenvalue weighted by molar-refractivity contribution is 7.47. The SMILES string of the molecule is CCC/C=C\C/C=C\CCCCCCCC(=O)OC(CO)COP(=O)(O)OCC(COC(=O)CCCCCCCCCCCCCCC)OC(=O)CCCCCCCCCCCCCCCCC. The zero-order valence-electron chi connectivity index (χ0n) is 44.1. The highest BCUT2D eigenvalue weighted by atomic mass is 31.2. The van der Waals surface area contributed by atoms with Crippen LogP contribution in [0.25, 0.3) is 0 Å². The molecule has 68 heavy (non-hydrogen) atoms. The lowest BCUT2D eigenvalue weighted by molar-refractivity contribution is -0.161. The highest BCUT2D eigenvalue weighted by Crippen LogP contribution is 2.43. The topological polar surface area (TPSA) is 155 Å². The van der Waals surface area contributed by atoms with E-state index < -0.39 is 57.8 Å². The second-order valence-corrected chi connectivity index (χ2v) is 20.6. The molecule has 0 radical (unpaired) electrons. The van der Waals surface area contributed by atoms with Crippen molar-refractivity contribution in [3.63, 3.8) is 0 Å². The summed E-state index contributed by atoms with van der Waals surface area (Å²) in [6.07, 6.45) is 49.9.